The van der Waals surface area contributed by atoms with E-state index in [1.165, 1.54) is 41.8 Å². The number of rotatable bonds is 35. The molecule has 23 heteroatoms. The molecule has 7 N–H and O–H groups in total. The minimum absolute atomic E-state index is 0.0765. The van der Waals surface area contributed by atoms with Gasteiger partial charge in [0.1, 0.15) is 41.4 Å². The van der Waals surface area contributed by atoms with Gasteiger partial charge in [0.2, 0.25) is 35.4 Å². The Balaban J connectivity index is 1.32. The Morgan fingerprint density at radius 3 is 1.85 bits per heavy atom. The molecule has 1 aliphatic heterocycles. The lowest BCUT2D eigenvalue weighted by molar-refractivity contribution is -0.149. The SMILES string of the molecule is CCNC(=O)c1nnc(-c2cc(C(C)C)c(O)cc2O)n1-c1ccc(C(=O)N[C@@H](CC(C)C)C(=O)N[C@@H](CC(C)C)C(=O)N(C)[C@@H](C(=O)N[C@H](C(=O)N(C)C([C@@H](C)CC)[C@@H](CC(=O)N2CCC[C@@H]2[C@@H](OC)[C@@H](C)C(=O)C[C@@H](C)[C@H](O)c2ccccc2)OC)C(C)C)C(C)C)cc1. The summed E-state index contributed by atoms with van der Waals surface area (Å²) in [5.74, 6) is -6.43. The molecule has 0 radical (unpaired) electrons. The number of hydrogen-bond donors (Lipinski definition) is 7. The summed E-state index contributed by atoms with van der Waals surface area (Å²) >= 11 is 0. The van der Waals surface area contributed by atoms with E-state index < -0.39 is 108 Å². The second-order valence-electron chi connectivity index (χ2n) is 28.0. The number of ketones is 1. The molecule has 3 aromatic carbocycles. The number of likely N-dealkylation sites (tertiary alicyclic amines) is 1. The van der Waals surface area contributed by atoms with Crippen LogP contribution in [-0.2, 0) is 38.2 Å². The molecule has 23 nitrogen and oxygen atoms in total. The van der Waals surface area contributed by atoms with E-state index in [-0.39, 0.29) is 108 Å². The van der Waals surface area contributed by atoms with Crippen molar-refractivity contribution in [1.29, 1.82) is 0 Å². The van der Waals surface area contributed by atoms with E-state index in [0.29, 0.717) is 37.1 Å². The highest BCUT2D eigenvalue weighted by atomic mass is 16.5. The molecule has 1 unspecified atom stereocenters. The summed E-state index contributed by atoms with van der Waals surface area (Å²) < 4.78 is 13.6. The Hall–Kier alpha value is -7.76. The van der Waals surface area contributed by atoms with E-state index in [9.17, 15) is 48.9 Å². The Morgan fingerprint density at radius 2 is 1.30 bits per heavy atom. The third-order valence-corrected chi connectivity index (χ3v) is 18.7. The van der Waals surface area contributed by atoms with Gasteiger partial charge >= 0.3 is 0 Å². The second kappa shape index (κ2) is 36.0. The lowest BCUT2D eigenvalue weighted by Gasteiger charge is -2.41. The van der Waals surface area contributed by atoms with Crippen molar-refractivity contribution in [2.75, 3.05) is 41.4 Å². The van der Waals surface area contributed by atoms with Gasteiger partial charge in [0, 0.05) is 71.1 Å². The number of carbonyl (C=O) groups is 8. The van der Waals surface area contributed by atoms with Gasteiger partial charge in [-0.05, 0) is 115 Å². The molecule has 530 valence electrons. The van der Waals surface area contributed by atoms with E-state index in [1.807, 2.05) is 113 Å². The largest absolute Gasteiger partial charge is 0.508 e. The summed E-state index contributed by atoms with van der Waals surface area (Å²) in [6, 6.07) is 12.7. The molecule has 1 saturated heterocycles. The molecule has 96 heavy (non-hydrogen) atoms. The number of methoxy groups -OCH3 is 2. The molecule has 5 rings (SSSR count). The lowest BCUT2D eigenvalue weighted by Crippen LogP contribution is -2.62. The molecule has 0 saturated carbocycles. The maximum Gasteiger partial charge on any atom is 0.289 e. The number of Topliss-reactive ketones (excluding diaryl/α,β-unsaturated/α-hetero) is 1. The Bertz CT molecular complexity index is 3260. The first kappa shape index (κ1) is 78.9. The third-order valence-electron chi connectivity index (χ3n) is 18.7. The lowest BCUT2D eigenvalue weighted by atomic mass is 9.85. The molecule has 2 heterocycles. The number of likely N-dealkylation sites (N-methyl/N-ethyl adjacent to an activating group) is 2. The van der Waals surface area contributed by atoms with Crippen molar-refractivity contribution in [2.24, 2.45) is 41.4 Å². The standard InChI is InChI=1S/C73H110N10O13/c1-20-45(13)63(59(95-18)39-60(87)82-33-25-28-55(82)65(96-19)47(15)56(84)36-46(14)64(88)48-26-23-22-24-27-48)81(17)73(94)61(43(9)10)77-70(91)62(44(11)12)80(16)72(93)54(35-41(5)6)76-69(90)53(34-40(3)4)75-68(89)49-29-31-50(32-30-49)83-66(78-79-67(83)71(92)74-21-2)52-37-51(42(7)8)57(85)38-58(52)86/h22-24,26-27,29-32,37-38,40-47,53-55,59,61-65,85-86,88H,20-21,25,28,33-36,39H2,1-19H3,(H,74,92)(H,75,89)(H,76,90)(H,77,91)/t45-,46+,47-,53-,54-,55+,59+,61-,62+,63?,64-,65-/m0/s1. The van der Waals surface area contributed by atoms with Crippen molar-refractivity contribution in [1.82, 2.24) is 50.7 Å². The summed E-state index contributed by atoms with van der Waals surface area (Å²) in [5.41, 5.74) is 1.98. The number of carbonyl (C=O) groups excluding carboxylic acids is 8. The van der Waals surface area contributed by atoms with E-state index in [4.69, 9.17) is 9.47 Å². The van der Waals surface area contributed by atoms with Gasteiger partial charge in [0.25, 0.3) is 11.8 Å². The predicted octanol–water partition coefficient (Wildman–Crippen LogP) is 8.77. The van der Waals surface area contributed by atoms with Crippen molar-refractivity contribution in [3.8, 4) is 28.6 Å². The molecule has 1 aromatic heterocycles. The number of nitrogens with zero attached hydrogens (tertiary/aromatic N) is 6. The van der Waals surface area contributed by atoms with E-state index in [2.05, 4.69) is 31.5 Å². The number of aromatic nitrogens is 3. The van der Waals surface area contributed by atoms with Crippen LogP contribution < -0.4 is 21.3 Å². The van der Waals surface area contributed by atoms with E-state index >= 15 is 4.79 Å². The average Bonchev–Trinajstić information content (AvgIpc) is 1.53. The van der Waals surface area contributed by atoms with E-state index in [0.717, 1.165) is 5.56 Å². The number of aliphatic hydroxyl groups excluding tert-OH is 1. The van der Waals surface area contributed by atoms with Crippen molar-refractivity contribution >= 4 is 47.1 Å². The zero-order valence-electron chi connectivity index (χ0n) is 60.1. The summed E-state index contributed by atoms with van der Waals surface area (Å²) in [4.78, 5) is 120. The van der Waals surface area contributed by atoms with Crippen LogP contribution in [0.25, 0.3) is 17.1 Å². The number of nitrogens with one attached hydrogen (secondary N) is 4. The maximum absolute atomic E-state index is 15.0. The number of phenols is 2. The summed E-state index contributed by atoms with van der Waals surface area (Å²) in [7, 11) is 6.20. The number of aliphatic hydroxyl groups is 1. The van der Waals surface area contributed by atoms with Gasteiger partial charge in [-0.25, -0.2) is 0 Å². The molecule has 0 spiro atoms. The van der Waals surface area contributed by atoms with Crippen LogP contribution in [0.15, 0.2) is 66.7 Å². The number of hydrogen-bond acceptors (Lipinski definition) is 15. The normalized spacial score (nSPS) is 16.8. The zero-order chi connectivity index (χ0) is 71.7. The van der Waals surface area contributed by atoms with Crippen molar-refractivity contribution in [3.05, 3.63) is 89.2 Å². The minimum atomic E-state index is -1.14. The van der Waals surface area contributed by atoms with Crippen LogP contribution in [0.5, 0.6) is 11.5 Å². The highest BCUT2D eigenvalue weighted by Crippen LogP contribution is 2.39. The first-order chi connectivity index (χ1) is 45.2. The Morgan fingerprint density at radius 1 is 0.677 bits per heavy atom. The van der Waals surface area contributed by atoms with Crippen LogP contribution in [-0.4, -0.2) is 182 Å². The van der Waals surface area contributed by atoms with Gasteiger partial charge < -0.3 is 60.8 Å². The number of benzene rings is 3. The zero-order valence-corrected chi connectivity index (χ0v) is 60.1. The molecule has 4 aromatic rings. The molecule has 1 aliphatic rings. The van der Waals surface area contributed by atoms with Crippen LogP contribution in [0.1, 0.15) is 193 Å². The first-order valence-electron chi connectivity index (χ1n) is 34.2. The number of amides is 7. The van der Waals surface area contributed by atoms with Crippen LogP contribution in [0.3, 0.4) is 0 Å². The van der Waals surface area contributed by atoms with Crippen LogP contribution in [0.4, 0.5) is 0 Å². The maximum atomic E-state index is 15.0. The fourth-order valence-electron chi connectivity index (χ4n) is 13.2. The molecule has 0 bridgehead atoms. The van der Waals surface area contributed by atoms with Crippen LogP contribution >= 0.6 is 0 Å². The summed E-state index contributed by atoms with van der Waals surface area (Å²) in [5, 5.41) is 52.7. The fourth-order valence-corrected chi connectivity index (χ4v) is 13.2. The third kappa shape index (κ3) is 19.7. The molecule has 0 aliphatic carbocycles. The highest BCUT2D eigenvalue weighted by Gasteiger charge is 2.44. The van der Waals surface area contributed by atoms with Gasteiger partial charge in [-0.1, -0.05) is 134 Å². The highest BCUT2D eigenvalue weighted by molar-refractivity contribution is 5.99. The minimum Gasteiger partial charge on any atom is -0.508 e. The van der Waals surface area contributed by atoms with Gasteiger partial charge in [-0.3, -0.25) is 42.9 Å². The topological polar surface area (TPSA) is 304 Å². The molecule has 1 fully saturated rings. The van der Waals surface area contributed by atoms with Crippen LogP contribution in [0, 0.1) is 41.4 Å². The monoisotopic (exact) mass is 1330 g/mol. The van der Waals surface area contributed by atoms with E-state index in [1.54, 1.807) is 62.9 Å². The van der Waals surface area contributed by atoms with Crippen molar-refractivity contribution in [2.45, 2.75) is 209 Å². The average molecular weight is 1340 g/mol. The Kier molecular flexibility index (Phi) is 29.6. The summed E-state index contributed by atoms with van der Waals surface area (Å²) in [6.07, 6.45) is 0.118. The number of phenolic OH excluding ortho intramolecular Hbond substituents is 2. The molecule has 12 atom stereocenters. The van der Waals surface area contributed by atoms with Gasteiger partial charge in [-0.2, -0.15) is 0 Å². The second-order valence-corrected chi connectivity index (χ2v) is 28.0. The fraction of sp³-hybridized carbons (Fsp3) is 0.616. The molecular formula is C73H110N10O13. The van der Waals surface area contributed by atoms with Gasteiger partial charge in [0.15, 0.2) is 5.82 Å². The molecule has 7 amide bonds. The van der Waals surface area contributed by atoms with Crippen molar-refractivity contribution in [3.63, 3.8) is 0 Å². The smallest absolute Gasteiger partial charge is 0.289 e. The first-order valence-corrected chi connectivity index (χ1v) is 34.2. The quantitative estimate of drug-likeness (QED) is 0.0226. The molecular weight excluding hydrogens is 1220 g/mol. The van der Waals surface area contributed by atoms with Gasteiger partial charge in [-0.15, -0.1) is 10.2 Å². The Labute approximate surface area is 568 Å². The predicted molar refractivity (Wildman–Crippen MR) is 369 cm³/mol. The van der Waals surface area contributed by atoms with Crippen LogP contribution in [0.2, 0.25) is 0 Å². The van der Waals surface area contributed by atoms with Gasteiger partial charge in [0.05, 0.1) is 42.4 Å². The number of aromatic hydroxyl groups is 2. The summed E-state index contributed by atoms with van der Waals surface area (Å²) in [6.45, 7) is 28.6. The van der Waals surface area contributed by atoms with Crippen molar-refractivity contribution < 1.29 is 63.1 Å². The number of ether oxygens (including phenoxy) is 2.